The normalized spacial score (nSPS) is 23.2. The maximum absolute atomic E-state index is 12.1. The summed E-state index contributed by atoms with van der Waals surface area (Å²) < 4.78 is 7.31. The number of nitrogen functional groups attached to an aromatic ring is 1. The minimum atomic E-state index is -0.489. The molecule has 7 nitrogen and oxygen atoms in total. The summed E-state index contributed by atoms with van der Waals surface area (Å²) in [5.74, 6) is 0. The molecule has 1 aliphatic carbocycles. The van der Waals surface area contributed by atoms with Crippen molar-refractivity contribution >= 4 is 37.9 Å². The predicted molar refractivity (Wildman–Crippen MR) is 113 cm³/mol. The molecule has 0 radical (unpaired) electrons. The van der Waals surface area contributed by atoms with Gasteiger partial charge in [-0.15, -0.1) is 0 Å². The van der Waals surface area contributed by atoms with Gasteiger partial charge in [-0.2, -0.15) is 0 Å². The van der Waals surface area contributed by atoms with Crippen LogP contribution < -0.4 is 16.4 Å². The lowest BCUT2D eigenvalue weighted by Crippen LogP contribution is -2.51. The van der Waals surface area contributed by atoms with Crippen molar-refractivity contribution in [1.82, 2.24) is 14.6 Å². The summed E-state index contributed by atoms with van der Waals surface area (Å²) >= 11 is 0. The smallest absolute Gasteiger partial charge is 0.408 e. The molecule has 1 unspecified atom stereocenters. The van der Waals surface area contributed by atoms with Gasteiger partial charge in [0.25, 0.3) is 0 Å². The maximum atomic E-state index is 12.1. The van der Waals surface area contributed by atoms with E-state index < -0.39 is 5.60 Å². The van der Waals surface area contributed by atoms with E-state index in [0.717, 1.165) is 42.4 Å². The SMILES string of the molecule is CC1(NC(=O)OC(C)(C)C)CCC(Nc2c(N)cnc3c2ccn3P)CC1. The van der Waals surface area contributed by atoms with Crippen LogP contribution in [0, 0.1) is 0 Å². The third-order valence-corrected chi connectivity index (χ3v) is 5.43. The van der Waals surface area contributed by atoms with Crippen molar-refractivity contribution in [2.45, 2.75) is 70.6 Å². The van der Waals surface area contributed by atoms with Gasteiger partial charge in [-0.1, -0.05) is 0 Å². The number of anilines is 2. The van der Waals surface area contributed by atoms with E-state index in [2.05, 4.69) is 31.9 Å². The van der Waals surface area contributed by atoms with Crippen LogP contribution in [0.3, 0.4) is 0 Å². The molecule has 8 heteroatoms. The zero-order valence-electron chi connectivity index (χ0n) is 16.5. The van der Waals surface area contributed by atoms with Crippen LogP contribution in [-0.2, 0) is 4.74 Å². The minimum Gasteiger partial charge on any atom is -0.444 e. The van der Waals surface area contributed by atoms with Crippen molar-refractivity contribution in [2.75, 3.05) is 11.1 Å². The van der Waals surface area contributed by atoms with Crippen LogP contribution in [0.15, 0.2) is 18.5 Å². The Morgan fingerprint density at radius 2 is 2.07 bits per heavy atom. The van der Waals surface area contributed by atoms with Crippen LogP contribution in [0.2, 0.25) is 0 Å². The number of pyridine rings is 1. The summed E-state index contributed by atoms with van der Waals surface area (Å²) in [6.07, 6.45) is 6.94. The molecule has 1 saturated carbocycles. The number of nitrogens with zero attached hydrogens (tertiary/aromatic N) is 2. The second-order valence-corrected chi connectivity index (χ2v) is 9.21. The molecule has 0 aromatic carbocycles. The van der Waals surface area contributed by atoms with Crippen LogP contribution in [0.1, 0.15) is 53.4 Å². The van der Waals surface area contributed by atoms with Gasteiger partial charge in [0.05, 0.1) is 17.6 Å². The summed E-state index contributed by atoms with van der Waals surface area (Å²) in [6.45, 7) is 7.70. The monoisotopic (exact) mass is 391 g/mol. The zero-order valence-corrected chi connectivity index (χ0v) is 17.7. The second-order valence-electron chi connectivity index (χ2n) is 8.65. The van der Waals surface area contributed by atoms with E-state index in [-0.39, 0.29) is 11.6 Å². The van der Waals surface area contributed by atoms with E-state index in [4.69, 9.17) is 10.5 Å². The van der Waals surface area contributed by atoms with E-state index in [1.54, 1.807) is 6.20 Å². The van der Waals surface area contributed by atoms with Gasteiger partial charge in [-0.05, 0) is 68.8 Å². The number of fused-ring (bicyclic) bond motifs is 1. The molecule has 2 aromatic rings. The molecule has 0 saturated heterocycles. The first-order chi connectivity index (χ1) is 12.6. The molecule has 1 fully saturated rings. The van der Waals surface area contributed by atoms with Gasteiger partial charge in [0.1, 0.15) is 11.2 Å². The Morgan fingerprint density at radius 1 is 1.41 bits per heavy atom. The third-order valence-electron chi connectivity index (χ3n) is 5.01. The summed E-state index contributed by atoms with van der Waals surface area (Å²) in [5, 5.41) is 7.67. The maximum Gasteiger partial charge on any atom is 0.408 e. The summed E-state index contributed by atoms with van der Waals surface area (Å²) in [6, 6.07) is 2.32. The van der Waals surface area contributed by atoms with Gasteiger partial charge in [0.2, 0.25) is 0 Å². The lowest BCUT2D eigenvalue weighted by molar-refractivity contribution is 0.0436. The number of hydrogen-bond acceptors (Lipinski definition) is 5. The molecule has 3 rings (SSSR count). The fourth-order valence-electron chi connectivity index (χ4n) is 3.56. The number of nitrogens with one attached hydrogen (secondary N) is 2. The van der Waals surface area contributed by atoms with Crippen LogP contribution in [-0.4, -0.2) is 32.6 Å². The van der Waals surface area contributed by atoms with Gasteiger partial charge < -0.3 is 25.4 Å². The number of carbonyl (C=O) groups is 1. The predicted octanol–water partition coefficient (Wildman–Crippen LogP) is 3.89. The average molecular weight is 391 g/mol. The number of hydrogen-bond donors (Lipinski definition) is 3. The largest absolute Gasteiger partial charge is 0.444 e. The number of carbonyl (C=O) groups excluding carboxylic acids is 1. The van der Waals surface area contributed by atoms with Crippen molar-refractivity contribution in [3.05, 3.63) is 18.5 Å². The van der Waals surface area contributed by atoms with Crippen molar-refractivity contribution < 1.29 is 9.53 Å². The Labute approximate surface area is 162 Å². The van der Waals surface area contributed by atoms with E-state index in [1.807, 2.05) is 37.4 Å². The highest BCUT2D eigenvalue weighted by Crippen LogP contribution is 2.34. The Kier molecular flexibility index (Phi) is 5.26. The van der Waals surface area contributed by atoms with Crippen molar-refractivity contribution in [2.24, 2.45) is 0 Å². The first-order valence-electron chi connectivity index (χ1n) is 9.35. The van der Waals surface area contributed by atoms with E-state index in [1.165, 1.54) is 0 Å². The number of ether oxygens (including phenoxy) is 1. The molecular formula is C19H30N5O2P. The molecule has 0 spiro atoms. The first-order valence-corrected chi connectivity index (χ1v) is 9.86. The molecule has 4 N–H and O–H groups in total. The highest BCUT2D eigenvalue weighted by Gasteiger charge is 2.34. The summed E-state index contributed by atoms with van der Waals surface area (Å²) in [4.78, 5) is 16.5. The van der Waals surface area contributed by atoms with Gasteiger partial charge in [0, 0.05) is 23.2 Å². The van der Waals surface area contributed by atoms with Gasteiger partial charge in [-0.3, -0.25) is 0 Å². The highest BCUT2D eigenvalue weighted by atomic mass is 31.0. The topological polar surface area (TPSA) is 94.2 Å². The zero-order chi connectivity index (χ0) is 19.8. The molecule has 1 atom stereocenters. The Bertz CT molecular complexity index is 834. The molecule has 1 aliphatic rings. The molecule has 1 amide bonds. The Morgan fingerprint density at radius 3 is 2.70 bits per heavy atom. The minimum absolute atomic E-state index is 0.247. The standard InChI is InChI=1S/C19H30N5O2P/c1-18(2,3)26-17(25)23-19(4)8-5-12(6-9-19)22-15-13-7-10-24(27)16(13)21-11-14(15)20/h7,10-12H,5-6,8-9,20,27H2,1-4H3,(H,21,22)(H,23,25). The van der Waals surface area contributed by atoms with E-state index in [0.29, 0.717) is 11.7 Å². The van der Waals surface area contributed by atoms with Gasteiger partial charge in [-0.25, -0.2) is 9.78 Å². The Balaban J connectivity index is 1.63. The van der Waals surface area contributed by atoms with Crippen LogP contribution >= 0.6 is 9.39 Å². The number of nitrogens with two attached hydrogens (primary N) is 1. The number of alkyl carbamates (subject to hydrolysis) is 1. The lowest BCUT2D eigenvalue weighted by Gasteiger charge is -2.39. The van der Waals surface area contributed by atoms with Crippen molar-refractivity contribution in [1.29, 1.82) is 0 Å². The second kappa shape index (κ2) is 7.19. The number of rotatable bonds is 3. The molecular weight excluding hydrogens is 361 g/mol. The fourth-order valence-corrected chi connectivity index (χ4v) is 3.85. The number of amides is 1. The van der Waals surface area contributed by atoms with Crippen LogP contribution in [0.4, 0.5) is 16.2 Å². The van der Waals surface area contributed by atoms with E-state index in [9.17, 15) is 4.79 Å². The lowest BCUT2D eigenvalue weighted by atomic mass is 9.81. The molecule has 0 bridgehead atoms. The molecule has 27 heavy (non-hydrogen) atoms. The Hall–Kier alpha value is -2.01. The molecule has 0 aliphatic heterocycles. The van der Waals surface area contributed by atoms with Gasteiger partial charge in [0.15, 0.2) is 0 Å². The number of aromatic nitrogens is 2. The average Bonchev–Trinajstić information content (AvgIpc) is 2.91. The molecule has 148 valence electrons. The van der Waals surface area contributed by atoms with Crippen LogP contribution in [0.25, 0.3) is 11.0 Å². The third kappa shape index (κ3) is 4.64. The van der Waals surface area contributed by atoms with E-state index >= 15 is 0 Å². The van der Waals surface area contributed by atoms with Crippen LogP contribution in [0.5, 0.6) is 0 Å². The van der Waals surface area contributed by atoms with Crippen molar-refractivity contribution in [3.8, 4) is 0 Å². The first kappa shape index (κ1) is 19.7. The molecule has 2 aromatic heterocycles. The van der Waals surface area contributed by atoms with Gasteiger partial charge >= 0.3 is 6.09 Å². The molecule has 2 heterocycles. The quantitative estimate of drug-likeness (QED) is 0.690. The van der Waals surface area contributed by atoms with Crippen molar-refractivity contribution in [3.63, 3.8) is 0 Å². The fraction of sp³-hybridized carbons (Fsp3) is 0.579. The summed E-state index contributed by atoms with van der Waals surface area (Å²) in [7, 11) is 2.63. The highest BCUT2D eigenvalue weighted by molar-refractivity contribution is 7.14. The summed E-state index contributed by atoms with van der Waals surface area (Å²) in [5.41, 5.74) is 7.91.